The zero-order chi connectivity index (χ0) is 22.5. The summed E-state index contributed by atoms with van der Waals surface area (Å²) >= 11 is 0. The first kappa shape index (κ1) is 21.1. The number of benzene rings is 3. The number of hydrogen-bond donors (Lipinski definition) is 1. The van der Waals surface area contributed by atoms with Crippen molar-refractivity contribution in [1.82, 2.24) is 5.32 Å². The SMILES string of the molecule is COC(=O)[C@H](Cc1ccccc1)NC(=O)c1ccc(-c2cc3ccccc3oc2=O)cc1. The Morgan fingerprint density at radius 1 is 0.938 bits per heavy atom. The lowest BCUT2D eigenvalue weighted by Gasteiger charge is -2.17. The van der Waals surface area contributed by atoms with Crippen LogP contribution in [0.5, 0.6) is 0 Å². The first-order valence-corrected chi connectivity index (χ1v) is 10.1. The smallest absolute Gasteiger partial charge is 0.344 e. The Labute approximate surface area is 184 Å². The molecule has 0 aliphatic carbocycles. The lowest BCUT2D eigenvalue weighted by Crippen LogP contribution is -2.43. The zero-order valence-electron chi connectivity index (χ0n) is 17.4. The number of ether oxygens (including phenoxy) is 1. The van der Waals surface area contributed by atoms with Crippen LogP contribution in [0.3, 0.4) is 0 Å². The zero-order valence-corrected chi connectivity index (χ0v) is 17.4. The van der Waals surface area contributed by atoms with Crippen molar-refractivity contribution in [2.75, 3.05) is 7.11 Å². The van der Waals surface area contributed by atoms with Crippen LogP contribution in [0.25, 0.3) is 22.1 Å². The normalized spacial score (nSPS) is 11.7. The molecule has 6 heteroatoms. The molecule has 1 N–H and O–H groups in total. The summed E-state index contributed by atoms with van der Waals surface area (Å²) in [6, 6.07) is 24.2. The highest BCUT2D eigenvalue weighted by molar-refractivity contribution is 5.97. The van der Waals surface area contributed by atoms with Gasteiger partial charge >= 0.3 is 11.6 Å². The monoisotopic (exact) mass is 427 g/mol. The van der Waals surface area contributed by atoms with Crippen molar-refractivity contribution in [3.63, 3.8) is 0 Å². The van der Waals surface area contributed by atoms with E-state index in [9.17, 15) is 14.4 Å². The average molecular weight is 427 g/mol. The molecule has 0 bridgehead atoms. The number of rotatable bonds is 6. The predicted molar refractivity (Wildman–Crippen MR) is 121 cm³/mol. The van der Waals surface area contributed by atoms with Crippen molar-refractivity contribution in [1.29, 1.82) is 0 Å². The van der Waals surface area contributed by atoms with Crippen molar-refractivity contribution < 1.29 is 18.7 Å². The summed E-state index contributed by atoms with van der Waals surface area (Å²) in [7, 11) is 1.29. The fraction of sp³-hybridized carbons (Fsp3) is 0.115. The largest absolute Gasteiger partial charge is 0.467 e. The Bertz CT molecular complexity index is 1310. The second kappa shape index (κ2) is 9.31. The van der Waals surface area contributed by atoms with Gasteiger partial charge in [0.25, 0.3) is 5.91 Å². The molecule has 0 saturated heterocycles. The highest BCUT2D eigenvalue weighted by Crippen LogP contribution is 2.21. The Morgan fingerprint density at radius 2 is 1.62 bits per heavy atom. The Morgan fingerprint density at radius 3 is 2.34 bits per heavy atom. The molecule has 160 valence electrons. The second-order valence-corrected chi connectivity index (χ2v) is 7.30. The maximum atomic E-state index is 12.8. The standard InChI is InChI=1S/C26H21NO5/c1-31-26(30)22(15-17-7-3-2-4-8-17)27-24(28)19-13-11-18(12-14-19)21-16-20-9-5-6-10-23(20)32-25(21)29/h2-14,16,22H,15H2,1H3,(H,27,28)/t22-/m0/s1. The van der Waals surface area contributed by atoms with Crippen LogP contribution in [-0.2, 0) is 16.0 Å². The molecule has 0 radical (unpaired) electrons. The van der Waals surface area contributed by atoms with E-state index < -0.39 is 23.5 Å². The van der Waals surface area contributed by atoms with Gasteiger partial charge in [0.15, 0.2) is 0 Å². The van der Waals surface area contributed by atoms with Gasteiger partial charge in [0.2, 0.25) is 0 Å². The molecule has 32 heavy (non-hydrogen) atoms. The van der Waals surface area contributed by atoms with Crippen molar-refractivity contribution in [2.24, 2.45) is 0 Å². The van der Waals surface area contributed by atoms with Gasteiger partial charge in [-0.05, 0) is 35.4 Å². The third kappa shape index (κ3) is 4.59. The number of hydrogen-bond acceptors (Lipinski definition) is 5. The molecule has 1 aromatic heterocycles. The second-order valence-electron chi connectivity index (χ2n) is 7.30. The van der Waals surface area contributed by atoms with E-state index in [4.69, 9.17) is 9.15 Å². The van der Waals surface area contributed by atoms with Crippen LogP contribution in [0, 0.1) is 0 Å². The number of carbonyl (C=O) groups is 2. The van der Waals surface area contributed by atoms with E-state index in [1.165, 1.54) is 7.11 Å². The lowest BCUT2D eigenvalue weighted by molar-refractivity contribution is -0.142. The van der Waals surface area contributed by atoms with Crippen LogP contribution in [-0.4, -0.2) is 25.0 Å². The number of esters is 1. The number of methoxy groups -OCH3 is 1. The fourth-order valence-corrected chi connectivity index (χ4v) is 3.49. The molecule has 0 saturated carbocycles. The molecule has 0 spiro atoms. The molecule has 0 aliphatic heterocycles. The first-order valence-electron chi connectivity index (χ1n) is 10.1. The van der Waals surface area contributed by atoms with Gasteiger partial charge in [-0.1, -0.05) is 60.7 Å². The van der Waals surface area contributed by atoms with Crippen LogP contribution < -0.4 is 10.9 Å². The van der Waals surface area contributed by atoms with Gasteiger partial charge in [-0.25, -0.2) is 9.59 Å². The van der Waals surface area contributed by atoms with Crippen LogP contribution >= 0.6 is 0 Å². The van der Waals surface area contributed by atoms with Gasteiger partial charge in [0, 0.05) is 17.4 Å². The number of nitrogens with one attached hydrogen (secondary N) is 1. The molecule has 0 unspecified atom stereocenters. The van der Waals surface area contributed by atoms with Gasteiger partial charge in [0.1, 0.15) is 11.6 Å². The Hall–Kier alpha value is -4.19. The highest BCUT2D eigenvalue weighted by atomic mass is 16.5. The molecule has 4 rings (SSSR count). The number of para-hydroxylation sites is 1. The summed E-state index contributed by atoms with van der Waals surface area (Å²) < 4.78 is 10.2. The molecular formula is C26H21NO5. The minimum Gasteiger partial charge on any atom is -0.467 e. The highest BCUT2D eigenvalue weighted by Gasteiger charge is 2.22. The van der Waals surface area contributed by atoms with Crippen molar-refractivity contribution >= 4 is 22.8 Å². The van der Waals surface area contributed by atoms with E-state index in [0.717, 1.165) is 10.9 Å². The van der Waals surface area contributed by atoms with Crippen LogP contribution in [0.4, 0.5) is 0 Å². The quantitative estimate of drug-likeness (QED) is 0.372. The summed E-state index contributed by atoms with van der Waals surface area (Å²) in [6.45, 7) is 0. The Kier molecular flexibility index (Phi) is 6.12. The molecule has 3 aromatic carbocycles. The summed E-state index contributed by atoms with van der Waals surface area (Å²) in [5.41, 5.74) is 2.38. The summed E-state index contributed by atoms with van der Waals surface area (Å²) in [6.07, 6.45) is 0.315. The molecule has 0 fully saturated rings. The van der Waals surface area contributed by atoms with Gasteiger partial charge in [0.05, 0.1) is 12.7 Å². The van der Waals surface area contributed by atoms with Crippen LogP contribution in [0.2, 0.25) is 0 Å². The maximum absolute atomic E-state index is 12.8. The van der Waals surface area contributed by atoms with Crippen LogP contribution in [0.15, 0.2) is 94.1 Å². The maximum Gasteiger partial charge on any atom is 0.344 e. The number of carbonyl (C=O) groups excluding carboxylic acids is 2. The average Bonchev–Trinajstić information content (AvgIpc) is 2.83. The molecule has 4 aromatic rings. The van der Waals surface area contributed by atoms with E-state index in [-0.39, 0.29) is 0 Å². The number of fused-ring (bicyclic) bond motifs is 1. The molecule has 1 atom stereocenters. The summed E-state index contributed by atoms with van der Waals surface area (Å²) in [4.78, 5) is 37.3. The summed E-state index contributed by atoms with van der Waals surface area (Å²) in [5.74, 6) is -0.930. The van der Waals surface area contributed by atoms with E-state index in [1.807, 2.05) is 42.5 Å². The predicted octanol–water partition coefficient (Wildman–Crippen LogP) is 3.97. The van der Waals surface area contributed by atoms with Gasteiger partial charge in [-0.15, -0.1) is 0 Å². The number of amides is 1. The van der Waals surface area contributed by atoms with Crippen molar-refractivity contribution in [3.8, 4) is 11.1 Å². The topological polar surface area (TPSA) is 85.6 Å². The fourth-order valence-electron chi connectivity index (χ4n) is 3.49. The molecule has 6 nitrogen and oxygen atoms in total. The minimum atomic E-state index is -0.817. The molecule has 0 aliphatic rings. The molecule has 1 heterocycles. The van der Waals surface area contributed by atoms with Gasteiger partial charge in [-0.2, -0.15) is 0 Å². The third-order valence-electron chi connectivity index (χ3n) is 5.17. The van der Waals surface area contributed by atoms with E-state index in [0.29, 0.717) is 28.7 Å². The van der Waals surface area contributed by atoms with Gasteiger partial charge in [-0.3, -0.25) is 4.79 Å². The Balaban J connectivity index is 1.54. The first-order chi connectivity index (χ1) is 15.5. The molecular weight excluding hydrogens is 406 g/mol. The van der Waals surface area contributed by atoms with E-state index >= 15 is 0 Å². The van der Waals surface area contributed by atoms with Crippen molar-refractivity contribution in [3.05, 3.63) is 106 Å². The van der Waals surface area contributed by atoms with Crippen LogP contribution in [0.1, 0.15) is 15.9 Å². The molecule has 1 amide bonds. The van der Waals surface area contributed by atoms with Gasteiger partial charge < -0.3 is 14.5 Å². The lowest BCUT2D eigenvalue weighted by atomic mass is 10.0. The third-order valence-corrected chi connectivity index (χ3v) is 5.17. The van der Waals surface area contributed by atoms with Crippen molar-refractivity contribution in [2.45, 2.75) is 12.5 Å². The summed E-state index contributed by atoms with van der Waals surface area (Å²) in [5, 5.41) is 3.54. The van der Waals surface area contributed by atoms with E-state index in [1.54, 1.807) is 42.5 Å². The minimum absolute atomic E-state index is 0.315. The van der Waals surface area contributed by atoms with E-state index in [2.05, 4.69) is 5.32 Å².